The lowest BCUT2D eigenvalue weighted by molar-refractivity contribution is -0.116. The molecule has 0 aliphatic carbocycles. The Hall–Kier alpha value is -0.520. The van der Waals surface area contributed by atoms with Crippen LogP contribution in [0.15, 0.2) is 24.6 Å². The fourth-order valence-corrected chi connectivity index (χ4v) is 2.05. The fourth-order valence-electron chi connectivity index (χ4n) is 0.698. The molecule has 0 bridgehead atoms. The highest BCUT2D eigenvalue weighted by Crippen LogP contribution is 2.22. The maximum atomic E-state index is 11.0. The van der Waals surface area contributed by atoms with Crippen molar-refractivity contribution in [2.75, 3.05) is 7.05 Å². The van der Waals surface area contributed by atoms with Crippen LogP contribution in [0.1, 0.15) is 6.92 Å². The summed E-state index contributed by atoms with van der Waals surface area (Å²) in [7, 11) is 1.62. The molecule has 11 heavy (non-hydrogen) atoms. The maximum absolute atomic E-state index is 11.0. The SMILES string of the molecule is CNC(=O)C1=CN=IC(C)=C1. The third-order valence-corrected chi connectivity index (χ3v) is 2.84. The quantitative estimate of drug-likeness (QED) is 0.719. The van der Waals surface area contributed by atoms with Gasteiger partial charge in [0.2, 0.25) is 0 Å². The molecule has 1 N–H and O–H groups in total. The predicted molar refractivity (Wildman–Crippen MR) is 52.4 cm³/mol. The van der Waals surface area contributed by atoms with Crippen LogP contribution in [-0.4, -0.2) is 13.0 Å². The minimum atomic E-state index is -0.176. The van der Waals surface area contributed by atoms with Gasteiger partial charge in [0.25, 0.3) is 5.91 Å². The van der Waals surface area contributed by atoms with Gasteiger partial charge in [0.1, 0.15) is 0 Å². The van der Waals surface area contributed by atoms with Crippen LogP contribution in [0.5, 0.6) is 0 Å². The molecular weight excluding hydrogens is 255 g/mol. The van der Waals surface area contributed by atoms with Crippen LogP contribution in [0.3, 0.4) is 0 Å². The van der Waals surface area contributed by atoms with Gasteiger partial charge in [-0.1, -0.05) is 0 Å². The molecule has 1 aliphatic heterocycles. The third-order valence-electron chi connectivity index (χ3n) is 1.21. The molecule has 0 spiro atoms. The van der Waals surface area contributed by atoms with E-state index < -0.39 is 0 Å². The third kappa shape index (κ3) is 2.21. The van der Waals surface area contributed by atoms with Gasteiger partial charge in [-0.3, -0.25) is 4.79 Å². The van der Waals surface area contributed by atoms with Crippen molar-refractivity contribution in [3.8, 4) is 0 Å². The Morgan fingerprint density at radius 2 is 2.45 bits per heavy atom. The zero-order chi connectivity index (χ0) is 8.27. The zero-order valence-corrected chi connectivity index (χ0v) is 8.55. The molecule has 0 radical (unpaired) electrons. The van der Waals surface area contributed by atoms with Gasteiger partial charge in [0.15, 0.2) is 0 Å². The molecular formula is C7H9IN2O. The molecule has 4 heteroatoms. The first kappa shape index (κ1) is 8.58. The number of allylic oxidation sites excluding steroid dienone is 1. The van der Waals surface area contributed by atoms with E-state index >= 15 is 0 Å². The average molecular weight is 264 g/mol. The highest BCUT2D eigenvalue weighted by atomic mass is 127. The van der Waals surface area contributed by atoms with Gasteiger partial charge >= 0.3 is 0 Å². The predicted octanol–water partition coefficient (Wildman–Crippen LogP) is 1.69. The second kappa shape index (κ2) is 3.75. The Labute approximate surface area is 75.7 Å². The topological polar surface area (TPSA) is 41.5 Å². The first-order valence-corrected chi connectivity index (χ1v) is 5.23. The zero-order valence-electron chi connectivity index (χ0n) is 6.39. The summed E-state index contributed by atoms with van der Waals surface area (Å²) in [6, 6.07) is 0. The van der Waals surface area contributed by atoms with E-state index in [0.717, 1.165) is 0 Å². The molecule has 0 saturated heterocycles. The van der Waals surface area contributed by atoms with Gasteiger partial charge in [-0.2, -0.15) is 0 Å². The monoisotopic (exact) mass is 264 g/mol. The summed E-state index contributed by atoms with van der Waals surface area (Å²) in [5.41, 5.74) is 0.663. The Morgan fingerprint density at radius 1 is 1.73 bits per heavy atom. The highest BCUT2D eigenvalue weighted by Gasteiger charge is 2.05. The average Bonchev–Trinajstić information content (AvgIpc) is 2.03. The van der Waals surface area contributed by atoms with E-state index in [-0.39, 0.29) is 26.9 Å². The molecule has 1 amide bonds. The van der Waals surface area contributed by atoms with Crippen LogP contribution in [0, 0.1) is 0 Å². The van der Waals surface area contributed by atoms with Crippen LogP contribution in [0.2, 0.25) is 0 Å². The summed E-state index contributed by atoms with van der Waals surface area (Å²) in [6.07, 6.45) is 3.55. The molecule has 1 rings (SSSR count). The van der Waals surface area contributed by atoms with Crippen LogP contribution in [-0.2, 0) is 4.79 Å². The summed E-state index contributed by atoms with van der Waals surface area (Å²) in [4.78, 5) is 11.0. The maximum Gasteiger partial charge on any atom is 0.252 e. The number of halogens is 1. The number of hydrogen-bond donors (Lipinski definition) is 1. The van der Waals surface area contributed by atoms with Crippen molar-refractivity contribution in [3.05, 3.63) is 21.4 Å². The van der Waals surface area contributed by atoms with Gasteiger partial charge in [0.05, 0.1) is 5.57 Å². The molecule has 0 aromatic heterocycles. The number of amides is 1. The normalized spacial score (nSPS) is 16.2. The summed E-state index contributed by atoms with van der Waals surface area (Å²) in [5, 5.41) is 2.56. The summed E-state index contributed by atoms with van der Waals surface area (Å²) >= 11 is -0.176. The summed E-state index contributed by atoms with van der Waals surface area (Å²) in [5.74, 6) is -0.0585. The molecule has 0 unspecified atom stereocenters. The van der Waals surface area contributed by atoms with Crippen LogP contribution >= 0.6 is 21.0 Å². The number of nitrogens with zero attached hydrogens (tertiary/aromatic N) is 1. The summed E-state index contributed by atoms with van der Waals surface area (Å²) in [6.45, 7) is 2.01. The minimum Gasteiger partial charge on any atom is -0.355 e. The van der Waals surface area contributed by atoms with E-state index in [0.29, 0.717) is 5.57 Å². The van der Waals surface area contributed by atoms with Crippen molar-refractivity contribution in [2.45, 2.75) is 6.92 Å². The number of nitrogens with one attached hydrogen (secondary N) is 1. The van der Waals surface area contributed by atoms with Crippen LogP contribution in [0.25, 0.3) is 0 Å². The first-order valence-electron chi connectivity index (χ1n) is 3.19. The van der Waals surface area contributed by atoms with Crippen molar-refractivity contribution in [3.63, 3.8) is 0 Å². The molecule has 0 fully saturated rings. The summed E-state index contributed by atoms with van der Waals surface area (Å²) < 4.78 is 5.35. The number of rotatable bonds is 1. The smallest absolute Gasteiger partial charge is 0.252 e. The number of carbonyl (C=O) groups excluding carboxylic acids is 1. The van der Waals surface area contributed by atoms with E-state index in [1.54, 1.807) is 13.2 Å². The lowest BCUT2D eigenvalue weighted by Gasteiger charge is -2.02. The van der Waals surface area contributed by atoms with Gasteiger partial charge in [0, 0.05) is 37.9 Å². The fraction of sp³-hybridized carbons (Fsp3) is 0.286. The molecule has 0 atom stereocenters. The van der Waals surface area contributed by atoms with Gasteiger partial charge in [-0.15, -0.1) is 0 Å². The van der Waals surface area contributed by atoms with E-state index in [2.05, 4.69) is 8.46 Å². The van der Waals surface area contributed by atoms with Crippen molar-refractivity contribution in [2.24, 2.45) is 3.15 Å². The Balaban J connectivity index is 2.84. The van der Waals surface area contributed by atoms with Gasteiger partial charge < -0.3 is 5.32 Å². The highest BCUT2D eigenvalue weighted by molar-refractivity contribution is 14.2. The van der Waals surface area contributed by atoms with Crippen LogP contribution in [0.4, 0.5) is 0 Å². The first-order chi connectivity index (χ1) is 5.24. The molecule has 0 saturated carbocycles. The Bertz CT molecular complexity index is 266. The largest absolute Gasteiger partial charge is 0.355 e. The standard InChI is InChI=1S/C7H9IN2O/c1-5-3-6(4-10-8-5)7(11)9-2/h3-4H,1-2H3,(H,9,11). The Morgan fingerprint density at radius 3 is 3.00 bits per heavy atom. The van der Waals surface area contributed by atoms with E-state index in [4.69, 9.17) is 0 Å². The van der Waals surface area contributed by atoms with Crippen molar-refractivity contribution in [1.82, 2.24) is 5.32 Å². The number of likely N-dealkylation sites (N-methyl/N-ethyl adjacent to an activating group) is 1. The van der Waals surface area contributed by atoms with Crippen molar-refractivity contribution in [1.29, 1.82) is 0 Å². The second-order valence-electron chi connectivity index (χ2n) is 2.08. The van der Waals surface area contributed by atoms with Crippen molar-refractivity contribution < 1.29 is 4.79 Å². The van der Waals surface area contributed by atoms with E-state index in [1.807, 2.05) is 13.0 Å². The molecule has 60 valence electrons. The minimum absolute atomic E-state index is 0.0585. The van der Waals surface area contributed by atoms with Gasteiger partial charge in [-0.05, 0) is 13.0 Å². The van der Waals surface area contributed by atoms with Crippen LogP contribution < -0.4 is 5.32 Å². The molecule has 3 nitrogen and oxygen atoms in total. The molecule has 1 aliphatic rings. The Kier molecular flexibility index (Phi) is 2.92. The lowest BCUT2D eigenvalue weighted by Crippen LogP contribution is -2.19. The number of hydrogen-bond acceptors (Lipinski definition) is 2. The number of carbonyl (C=O) groups is 1. The molecule has 1 heterocycles. The molecule has 0 aromatic carbocycles. The van der Waals surface area contributed by atoms with Crippen molar-refractivity contribution >= 4 is 26.9 Å². The van der Waals surface area contributed by atoms with Gasteiger partial charge in [-0.25, -0.2) is 3.15 Å². The second-order valence-corrected chi connectivity index (χ2v) is 4.82. The molecule has 0 aromatic rings. The lowest BCUT2D eigenvalue weighted by atomic mass is 10.2. The van der Waals surface area contributed by atoms with E-state index in [9.17, 15) is 4.79 Å². The van der Waals surface area contributed by atoms with E-state index in [1.165, 1.54) is 3.58 Å².